The van der Waals surface area contributed by atoms with Gasteiger partial charge in [0.15, 0.2) is 0 Å². The fraction of sp³-hybridized carbons (Fsp3) is 0.294. The highest BCUT2D eigenvalue weighted by Gasteiger charge is 2.32. The molecule has 1 aliphatic heterocycles. The zero-order valence-electron chi connectivity index (χ0n) is 15.3. The monoisotopic (exact) mass is 460 g/mol. The van der Waals surface area contributed by atoms with Crippen LogP contribution in [0, 0.1) is 5.41 Å². The highest BCUT2D eigenvalue weighted by Crippen LogP contribution is 2.38. The summed E-state index contributed by atoms with van der Waals surface area (Å²) in [7, 11) is -4.12. The molecule has 0 saturated carbocycles. The normalized spacial score (nSPS) is 14.2. The summed E-state index contributed by atoms with van der Waals surface area (Å²) in [5, 5.41) is 8.46. The van der Waals surface area contributed by atoms with Crippen LogP contribution in [-0.4, -0.2) is 44.7 Å². The maximum Gasteiger partial charge on any atom is 0.323 e. The summed E-state index contributed by atoms with van der Waals surface area (Å²) in [4.78, 5) is 14.9. The Kier molecular flexibility index (Phi) is 6.08. The molecule has 12 heteroatoms. The van der Waals surface area contributed by atoms with E-state index in [1.165, 1.54) is 0 Å². The van der Waals surface area contributed by atoms with Crippen molar-refractivity contribution in [1.82, 2.24) is 5.06 Å². The molecule has 1 aliphatic rings. The summed E-state index contributed by atoms with van der Waals surface area (Å²) in [6.45, 7) is 1.35. The Morgan fingerprint density at radius 1 is 1.28 bits per heavy atom. The summed E-state index contributed by atoms with van der Waals surface area (Å²) in [5.74, 6) is -1.91. The van der Waals surface area contributed by atoms with E-state index in [1.54, 1.807) is 24.3 Å². The number of hydroxylamine groups is 2. The van der Waals surface area contributed by atoms with Crippen molar-refractivity contribution in [1.29, 1.82) is 5.41 Å². The van der Waals surface area contributed by atoms with Crippen molar-refractivity contribution in [2.75, 3.05) is 24.2 Å². The Hall–Kier alpha value is -2.27. The van der Waals surface area contributed by atoms with Gasteiger partial charge in [0.05, 0.1) is 17.0 Å². The van der Waals surface area contributed by atoms with Crippen molar-refractivity contribution in [3.63, 3.8) is 0 Å². The van der Waals surface area contributed by atoms with Gasteiger partial charge in [-0.1, -0.05) is 23.2 Å². The quantitative estimate of drug-likeness (QED) is 0.398. The van der Waals surface area contributed by atoms with E-state index >= 15 is 0 Å². The standard InChI is InChI=1S/C17H18Cl2N4O5S/c1-29(25,26)28-23(17(20)21)16(24)15-13(22-6-2-3-7-22)9-14(27-15)11-8-10(18)4-5-12(11)19/h4-5,8-9H,2-3,6-7H2,1H3,(H3,20,21). The van der Waals surface area contributed by atoms with E-state index in [2.05, 4.69) is 4.28 Å². The number of carbonyl (C=O) groups is 1. The van der Waals surface area contributed by atoms with Crippen molar-refractivity contribution >= 4 is 50.9 Å². The zero-order chi connectivity index (χ0) is 21.3. The van der Waals surface area contributed by atoms with Gasteiger partial charge in [-0.15, -0.1) is 9.35 Å². The number of rotatable bonds is 5. The molecule has 0 atom stereocenters. The second kappa shape index (κ2) is 8.23. The number of hydrogen-bond acceptors (Lipinski definition) is 7. The number of halogens is 2. The summed E-state index contributed by atoms with van der Waals surface area (Å²) >= 11 is 12.3. The summed E-state index contributed by atoms with van der Waals surface area (Å²) < 4.78 is 33.3. The Morgan fingerprint density at radius 2 is 1.93 bits per heavy atom. The lowest BCUT2D eigenvalue weighted by Gasteiger charge is -2.20. The Morgan fingerprint density at radius 3 is 2.52 bits per heavy atom. The lowest BCUT2D eigenvalue weighted by Crippen LogP contribution is -2.42. The van der Waals surface area contributed by atoms with E-state index in [9.17, 15) is 13.2 Å². The number of amides is 1. The van der Waals surface area contributed by atoms with Crippen LogP contribution in [0.1, 0.15) is 23.4 Å². The molecular formula is C17H18Cl2N4O5S. The van der Waals surface area contributed by atoms with Crippen LogP contribution in [-0.2, 0) is 14.4 Å². The van der Waals surface area contributed by atoms with Gasteiger partial charge in [-0.05, 0) is 31.0 Å². The molecule has 9 nitrogen and oxygen atoms in total. The first kappa shape index (κ1) is 21.4. The molecule has 1 aromatic heterocycles. The number of guanidine groups is 1. The smallest absolute Gasteiger partial charge is 0.323 e. The third-order valence-electron chi connectivity index (χ3n) is 4.16. The first-order valence-electron chi connectivity index (χ1n) is 8.49. The third kappa shape index (κ3) is 4.84. The molecule has 156 valence electrons. The predicted octanol–water partition coefficient (Wildman–Crippen LogP) is 3.08. The Bertz CT molecular complexity index is 1060. The number of hydrogen-bond donors (Lipinski definition) is 2. The van der Waals surface area contributed by atoms with E-state index in [0.29, 0.717) is 34.4 Å². The largest absolute Gasteiger partial charge is 0.448 e. The Labute approximate surface area is 177 Å². The molecule has 1 amide bonds. The topological polar surface area (TPSA) is 130 Å². The molecule has 0 radical (unpaired) electrons. The number of nitrogens with zero attached hydrogens (tertiary/aromatic N) is 2. The van der Waals surface area contributed by atoms with Crippen LogP contribution < -0.4 is 10.6 Å². The van der Waals surface area contributed by atoms with Gasteiger partial charge in [0, 0.05) is 29.7 Å². The van der Waals surface area contributed by atoms with Crippen LogP contribution in [0.4, 0.5) is 5.69 Å². The van der Waals surface area contributed by atoms with E-state index < -0.39 is 22.0 Å². The summed E-state index contributed by atoms with van der Waals surface area (Å²) in [6.07, 6.45) is 2.57. The number of nitrogens with one attached hydrogen (secondary N) is 1. The van der Waals surface area contributed by atoms with Crippen LogP contribution in [0.5, 0.6) is 0 Å². The molecule has 1 saturated heterocycles. The maximum atomic E-state index is 13.0. The van der Waals surface area contributed by atoms with Crippen molar-refractivity contribution in [3.05, 3.63) is 40.1 Å². The first-order chi connectivity index (χ1) is 13.6. The van der Waals surface area contributed by atoms with Gasteiger partial charge in [-0.2, -0.15) is 8.42 Å². The number of nitrogens with two attached hydrogens (primary N) is 1. The molecule has 3 N–H and O–H groups in total. The lowest BCUT2D eigenvalue weighted by molar-refractivity contribution is 0.0174. The second-order valence-electron chi connectivity index (χ2n) is 6.41. The van der Waals surface area contributed by atoms with Crippen molar-refractivity contribution in [2.24, 2.45) is 5.73 Å². The average Bonchev–Trinajstić information content (AvgIpc) is 3.29. The predicted molar refractivity (Wildman–Crippen MR) is 110 cm³/mol. The number of benzene rings is 1. The molecule has 1 aromatic carbocycles. The molecule has 0 unspecified atom stereocenters. The van der Waals surface area contributed by atoms with E-state index in [-0.39, 0.29) is 16.6 Å². The SMILES string of the molecule is CS(=O)(=O)ON(C(=N)N)C(=O)c1oc(-c2cc(Cl)ccc2Cl)cc1N1CCCC1. The minimum atomic E-state index is -4.12. The van der Waals surface area contributed by atoms with Crippen molar-refractivity contribution in [2.45, 2.75) is 12.8 Å². The molecule has 3 rings (SSSR count). The van der Waals surface area contributed by atoms with Gasteiger partial charge in [0.25, 0.3) is 10.1 Å². The van der Waals surface area contributed by atoms with Crippen LogP contribution >= 0.6 is 23.2 Å². The van der Waals surface area contributed by atoms with Crippen LogP contribution in [0.25, 0.3) is 11.3 Å². The van der Waals surface area contributed by atoms with Crippen LogP contribution in [0.3, 0.4) is 0 Å². The lowest BCUT2D eigenvalue weighted by atomic mass is 10.1. The molecule has 2 heterocycles. The highest BCUT2D eigenvalue weighted by atomic mass is 35.5. The molecule has 1 fully saturated rings. The van der Waals surface area contributed by atoms with E-state index in [0.717, 1.165) is 19.1 Å². The van der Waals surface area contributed by atoms with Gasteiger partial charge < -0.3 is 15.1 Å². The van der Waals surface area contributed by atoms with Crippen molar-refractivity contribution < 1.29 is 21.9 Å². The highest BCUT2D eigenvalue weighted by molar-refractivity contribution is 7.85. The van der Waals surface area contributed by atoms with Gasteiger partial charge in [0.2, 0.25) is 11.7 Å². The van der Waals surface area contributed by atoms with Gasteiger partial charge in [0.1, 0.15) is 5.76 Å². The molecular weight excluding hydrogens is 443 g/mol. The van der Waals surface area contributed by atoms with E-state index in [4.69, 9.17) is 38.8 Å². The minimum Gasteiger partial charge on any atom is -0.448 e. The molecule has 0 bridgehead atoms. The fourth-order valence-electron chi connectivity index (χ4n) is 2.96. The third-order valence-corrected chi connectivity index (χ3v) is 5.15. The zero-order valence-corrected chi connectivity index (χ0v) is 17.6. The average molecular weight is 461 g/mol. The molecule has 2 aromatic rings. The van der Waals surface area contributed by atoms with Crippen molar-refractivity contribution in [3.8, 4) is 11.3 Å². The Balaban J connectivity index is 2.11. The number of carbonyl (C=O) groups excluding carboxylic acids is 1. The minimum absolute atomic E-state index is 0.164. The molecule has 0 spiro atoms. The van der Waals surface area contributed by atoms with Crippen LogP contribution in [0.2, 0.25) is 10.0 Å². The van der Waals surface area contributed by atoms with E-state index in [1.807, 2.05) is 4.90 Å². The number of anilines is 1. The fourth-order valence-corrected chi connectivity index (χ4v) is 3.76. The molecule has 0 aliphatic carbocycles. The maximum absolute atomic E-state index is 13.0. The number of furan rings is 1. The summed E-state index contributed by atoms with van der Waals surface area (Å²) in [6, 6.07) is 6.41. The van der Waals surface area contributed by atoms with Crippen LogP contribution in [0.15, 0.2) is 28.7 Å². The van der Waals surface area contributed by atoms with Gasteiger partial charge in [-0.3, -0.25) is 10.2 Å². The summed E-state index contributed by atoms with van der Waals surface area (Å²) in [5.41, 5.74) is 6.23. The second-order valence-corrected chi connectivity index (χ2v) is 8.81. The molecule has 29 heavy (non-hydrogen) atoms. The van der Waals surface area contributed by atoms with Gasteiger partial charge >= 0.3 is 5.91 Å². The first-order valence-corrected chi connectivity index (χ1v) is 11.1. The van der Waals surface area contributed by atoms with Gasteiger partial charge in [-0.25, -0.2) is 0 Å².